The number of anilines is 1. The van der Waals surface area contributed by atoms with Gasteiger partial charge in [-0.2, -0.15) is 0 Å². The van der Waals surface area contributed by atoms with Gasteiger partial charge in [0.05, 0.1) is 11.8 Å². The first-order chi connectivity index (χ1) is 15.6. The summed E-state index contributed by atoms with van der Waals surface area (Å²) in [6, 6.07) is 13.5. The molecule has 0 saturated carbocycles. The number of amides is 1. The molecule has 0 saturated heterocycles. The van der Waals surface area contributed by atoms with Crippen molar-refractivity contribution >= 4 is 23.4 Å². The number of benzene rings is 2. The highest BCUT2D eigenvalue weighted by atomic mass is 32.2. The van der Waals surface area contributed by atoms with Gasteiger partial charge in [0.25, 0.3) is 5.22 Å². The van der Waals surface area contributed by atoms with Crippen LogP contribution in [0, 0.1) is 0 Å². The Morgan fingerprint density at radius 1 is 1.09 bits per heavy atom. The summed E-state index contributed by atoms with van der Waals surface area (Å²) < 4.78 is 16.5. The Labute approximate surface area is 191 Å². The molecule has 9 heteroatoms. The predicted molar refractivity (Wildman–Crippen MR) is 123 cm³/mol. The lowest BCUT2D eigenvalue weighted by Gasteiger charge is -2.20. The highest BCUT2D eigenvalue weighted by molar-refractivity contribution is 7.99. The summed E-state index contributed by atoms with van der Waals surface area (Å²) in [6.07, 6.45) is 0. The van der Waals surface area contributed by atoms with Gasteiger partial charge in [-0.25, -0.2) is 0 Å². The quantitative estimate of drug-likeness (QED) is 0.479. The lowest BCUT2D eigenvalue weighted by atomic mass is 10.1. The number of ether oxygens (including phenoxy) is 2. The van der Waals surface area contributed by atoms with Crippen molar-refractivity contribution in [2.24, 2.45) is 0 Å². The number of thioether (sulfide) groups is 1. The molecule has 0 radical (unpaired) electrons. The van der Waals surface area contributed by atoms with Gasteiger partial charge in [-0.05, 0) is 62.7 Å². The van der Waals surface area contributed by atoms with E-state index >= 15 is 0 Å². The number of nitrogens with one attached hydrogen (secondary N) is 1. The van der Waals surface area contributed by atoms with Gasteiger partial charge in [-0.1, -0.05) is 17.8 Å². The van der Waals surface area contributed by atoms with Gasteiger partial charge in [0, 0.05) is 24.3 Å². The zero-order valence-electron chi connectivity index (χ0n) is 18.3. The standard InChI is InChI=1S/C23H26N4O4S/c1-4-27(5-2)18-9-6-16(7-10-18)22-25-26-23(31-22)32-13-21(28)24-15(3)17-8-11-19-20(12-17)30-14-29-19/h6-12,15H,4-5,13-14H2,1-3H3,(H,24,28)/t15-/m0/s1. The lowest BCUT2D eigenvalue weighted by Crippen LogP contribution is -2.28. The van der Waals surface area contributed by atoms with Crippen molar-refractivity contribution in [1.82, 2.24) is 15.5 Å². The van der Waals surface area contributed by atoms with Crippen LogP contribution in [-0.2, 0) is 4.79 Å². The van der Waals surface area contributed by atoms with E-state index in [0.717, 1.165) is 35.7 Å². The van der Waals surface area contributed by atoms with Crippen molar-refractivity contribution in [2.45, 2.75) is 32.0 Å². The third-order valence-electron chi connectivity index (χ3n) is 5.25. The maximum Gasteiger partial charge on any atom is 0.277 e. The first kappa shape index (κ1) is 22.0. The molecule has 1 aromatic heterocycles. The minimum Gasteiger partial charge on any atom is -0.454 e. The zero-order valence-corrected chi connectivity index (χ0v) is 19.1. The minimum atomic E-state index is -0.167. The summed E-state index contributed by atoms with van der Waals surface area (Å²) >= 11 is 1.21. The molecule has 4 rings (SSSR count). The van der Waals surface area contributed by atoms with E-state index in [2.05, 4.69) is 34.3 Å². The minimum absolute atomic E-state index is 0.122. The topological polar surface area (TPSA) is 89.7 Å². The first-order valence-corrected chi connectivity index (χ1v) is 11.6. The molecule has 1 aliphatic rings. The monoisotopic (exact) mass is 454 g/mol. The van der Waals surface area contributed by atoms with E-state index < -0.39 is 0 Å². The van der Waals surface area contributed by atoms with Crippen molar-refractivity contribution in [2.75, 3.05) is 30.5 Å². The van der Waals surface area contributed by atoms with E-state index in [-0.39, 0.29) is 24.5 Å². The largest absolute Gasteiger partial charge is 0.454 e. The molecule has 3 aromatic rings. The molecule has 0 fully saturated rings. The second-order valence-electron chi connectivity index (χ2n) is 7.28. The molecule has 0 bridgehead atoms. The van der Waals surface area contributed by atoms with E-state index in [4.69, 9.17) is 13.9 Å². The summed E-state index contributed by atoms with van der Waals surface area (Å²) in [5.74, 6) is 1.91. The summed E-state index contributed by atoms with van der Waals surface area (Å²) in [6.45, 7) is 8.31. The van der Waals surface area contributed by atoms with Crippen LogP contribution in [0.5, 0.6) is 11.5 Å². The Kier molecular flexibility index (Phi) is 6.84. The van der Waals surface area contributed by atoms with E-state index in [1.807, 2.05) is 49.4 Å². The Hall–Kier alpha value is -3.20. The molecule has 1 atom stereocenters. The maximum atomic E-state index is 12.4. The summed E-state index contributed by atoms with van der Waals surface area (Å²) in [5.41, 5.74) is 2.95. The molecule has 1 amide bonds. The predicted octanol–water partition coefficient (Wildman–Crippen LogP) is 4.28. The van der Waals surface area contributed by atoms with E-state index in [1.165, 1.54) is 11.8 Å². The van der Waals surface area contributed by atoms with Crippen LogP contribution in [0.15, 0.2) is 52.1 Å². The maximum absolute atomic E-state index is 12.4. The number of carbonyl (C=O) groups is 1. The van der Waals surface area contributed by atoms with Crippen LogP contribution in [0.4, 0.5) is 5.69 Å². The third-order valence-corrected chi connectivity index (χ3v) is 6.07. The molecule has 0 aliphatic carbocycles. The Morgan fingerprint density at radius 3 is 2.59 bits per heavy atom. The summed E-state index contributed by atoms with van der Waals surface area (Å²) in [7, 11) is 0. The molecule has 2 aromatic carbocycles. The molecular weight excluding hydrogens is 428 g/mol. The van der Waals surface area contributed by atoms with Crippen LogP contribution in [0.25, 0.3) is 11.5 Å². The number of rotatable bonds is 9. The molecule has 1 N–H and O–H groups in total. The lowest BCUT2D eigenvalue weighted by molar-refractivity contribution is -0.119. The van der Waals surface area contributed by atoms with Gasteiger partial charge in [0.15, 0.2) is 11.5 Å². The van der Waals surface area contributed by atoms with Gasteiger partial charge < -0.3 is 24.1 Å². The van der Waals surface area contributed by atoms with Gasteiger partial charge in [-0.15, -0.1) is 10.2 Å². The van der Waals surface area contributed by atoms with Gasteiger partial charge in [0.2, 0.25) is 18.6 Å². The number of hydrogen-bond acceptors (Lipinski definition) is 8. The zero-order chi connectivity index (χ0) is 22.5. The highest BCUT2D eigenvalue weighted by Gasteiger charge is 2.18. The van der Waals surface area contributed by atoms with Crippen LogP contribution < -0.4 is 19.7 Å². The van der Waals surface area contributed by atoms with Crippen molar-refractivity contribution in [3.05, 3.63) is 48.0 Å². The third kappa shape index (κ3) is 4.99. The second kappa shape index (κ2) is 9.95. The second-order valence-corrected chi connectivity index (χ2v) is 8.21. The fourth-order valence-electron chi connectivity index (χ4n) is 3.46. The molecule has 1 aliphatic heterocycles. The van der Waals surface area contributed by atoms with Crippen LogP contribution >= 0.6 is 11.8 Å². The van der Waals surface area contributed by atoms with Crippen LogP contribution in [-0.4, -0.2) is 41.7 Å². The Balaban J connectivity index is 1.30. The van der Waals surface area contributed by atoms with Crippen LogP contribution in [0.3, 0.4) is 0 Å². The SMILES string of the molecule is CCN(CC)c1ccc(-c2nnc(SCC(=O)N[C@@H](C)c3ccc4c(c3)OCO4)o2)cc1. The fourth-order valence-corrected chi connectivity index (χ4v) is 4.04. The van der Waals surface area contributed by atoms with Crippen molar-refractivity contribution in [1.29, 1.82) is 0 Å². The average Bonchev–Trinajstić information content (AvgIpc) is 3.48. The molecule has 0 spiro atoms. The normalized spacial score (nSPS) is 13.1. The van der Waals surface area contributed by atoms with Crippen molar-refractivity contribution in [3.63, 3.8) is 0 Å². The summed E-state index contributed by atoms with van der Waals surface area (Å²) in [5, 5.41) is 11.5. The van der Waals surface area contributed by atoms with Gasteiger partial charge in [-0.3, -0.25) is 4.79 Å². The molecule has 168 valence electrons. The highest BCUT2D eigenvalue weighted by Crippen LogP contribution is 2.34. The Morgan fingerprint density at radius 2 is 1.84 bits per heavy atom. The molecular formula is C23H26N4O4S. The number of fused-ring (bicyclic) bond motifs is 1. The van der Waals surface area contributed by atoms with Gasteiger partial charge >= 0.3 is 0 Å². The smallest absolute Gasteiger partial charge is 0.277 e. The van der Waals surface area contributed by atoms with Crippen molar-refractivity contribution in [3.8, 4) is 23.0 Å². The number of carbonyl (C=O) groups excluding carboxylic acids is 1. The number of hydrogen-bond donors (Lipinski definition) is 1. The van der Waals surface area contributed by atoms with E-state index in [9.17, 15) is 4.79 Å². The fraction of sp³-hybridized carbons (Fsp3) is 0.348. The number of aromatic nitrogens is 2. The molecule has 32 heavy (non-hydrogen) atoms. The van der Waals surface area contributed by atoms with E-state index in [0.29, 0.717) is 16.9 Å². The Bertz CT molecular complexity index is 1070. The van der Waals surface area contributed by atoms with Crippen molar-refractivity contribution < 1.29 is 18.7 Å². The van der Waals surface area contributed by atoms with E-state index in [1.54, 1.807) is 0 Å². The van der Waals surface area contributed by atoms with Crippen LogP contribution in [0.1, 0.15) is 32.4 Å². The molecule has 8 nitrogen and oxygen atoms in total. The average molecular weight is 455 g/mol. The summed E-state index contributed by atoms with van der Waals surface area (Å²) in [4.78, 5) is 14.7. The number of nitrogens with zero attached hydrogens (tertiary/aromatic N) is 3. The van der Waals surface area contributed by atoms with Gasteiger partial charge in [0.1, 0.15) is 0 Å². The molecule has 2 heterocycles. The van der Waals surface area contributed by atoms with Crippen LogP contribution in [0.2, 0.25) is 0 Å². The first-order valence-electron chi connectivity index (χ1n) is 10.6. The molecule has 0 unspecified atom stereocenters.